The molecule has 0 saturated heterocycles. The first kappa shape index (κ1) is 13.9. The third-order valence-corrected chi connectivity index (χ3v) is 3.87. The van der Waals surface area contributed by atoms with E-state index in [0.29, 0.717) is 17.1 Å². The minimum absolute atomic E-state index is 0.178. The fraction of sp³-hybridized carbons (Fsp3) is 0.308. The number of anilines is 1. The van der Waals surface area contributed by atoms with Crippen molar-refractivity contribution in [3.8, 4) is 5.75 Å². The van der Waals surface area contributed by atoms with Crippen molar-refractivity contribution in [2.75, 3.05) is 11.9 Å². The Labute approximate surface area is 123 Å². The molecule has 8 heteroatoms. The second-order valence-electron chi connectivity index (χ2n) is 4.63. The fourth-order valence-electron chi connectivity index (χ4n) is 1.67. The molecule has 21 heavy (non-hydrogen) atoms. The number of hydrogen-bond acceptors (Lipinski definition) is 5. The molecule has 0 radical (unpaired) electrons. The minimum Gasteiger partial charge on any atom is -0.481 e. The zero-order valence-electron chi connectivity index (χ0n) is 10.8. The number of carbonyl (C=O) groups is 1. The molecule has 0 spiro atoms. The molecule has 1 amide bonds. The van der Waals surface area contributed by atoms with Crippen molar-refractivity contribution in [3.63, 3.8) is 0 Å². The van der Waals surface area contributed by atoms with Crippen LogP contribution < -0.4 is 10.1 Å². The number of halogens is 2. The molecule has 1 N–H and O–H groups in total. The maximum atomic E-state index is 13.3. The monoisotopic (exact) mass is 311 g/mol. The van der Waals surface area contributed by atoms with Crippen molar-refractivity contribution >= 4 is 22.4 Å². The minimum atomic E-state index is -0.852. The second kappa shape index (κ2) is 5.72. The molecule has 1 aliphatic carbocycles. The SMILES string of the molecule is O=C(COc1ccc(F)cc1F)Nc1nnc(C2CC2)s1. The molecule has 1 aromatic carbocycles. The van der Waals surface area contributed by atoms with Gasteiger partial charge in [0.25, 0.3) is 5.91 Å². The fourth-order valence-corrected chi connectivity index (χ4v) is 2.60. The quantitative estimate of drug-likeness (QED) is 0.922. The van der Waals surface area contributed by atoms with Gasteiger partial charge in [-0.1, -0.05) is 11.3 Å². The first-order valence-corrected chi connectivity index (χ1v) is 7.14. The number of rotatable bonds is 5. The summed E-state index contributed by atoms with van der Waals surface area (Å²) in [6.45, 7) is -0.388. The molecule has 1 heterocycles. The standard InChI is InChI=1S/C13H11F2N3O2S/c14-8-3-4-10(9(15)5-8)20-6-11(19)16-13-18-17-12(21-13)7-1-2-7/h3-5,7H,1-2,6H2,(H,16,18,19). The molecule has 110 valence electrons. The highest BCUT2D eigenvalue weighted by molar-refractivity contribution is 7.15. The molecule has 1 aromatic heterocycles. The summed E-state index contributed by atoms with van der Waals surface area (Å²) in [4.78, 5) is 11.7. The largest absolute Gasteiger partial charge is 0.481 e. The van der Waals surface area contributed by atoms with Gasteiger partial charge >= 0.3 is 0 Å². The Balaban J connectivity index is 1.53. The summed E-state index contributed by atoms with van der Waals surface area (Å²) in [5.41, 5.74) is 0. The summed E-state index contributed by atoms with van der Waals surface area (Å²) in [6, 6.07) is 2.89. The molecule has 1 aliphatic rings. The van der Waals surface area contributed by atoms with Crippen LogP contribution in [0.2, 0.25) is 0 Å². The molecule has 0 atom stereocenters. The van der Waals surface area contributed by atoms with E-state index in [1.54, 1.807) is 0 Å². The highest BCUT2D eigenvalue weighted by Gasteiger charge is 2.27. The van der Waals surface area contributed by atoms with Crippen LogP contribution in [0.25, 0.3) is 0 Å². The van der Waals surface area contributed by atoms with Gasteiger partial charge in [0.15, 0.2) is 18.2 Å². The summed E-state index contributed by atoms with van der Waals surface area (Å²) < 4.78 is 31.0. The third kappa shape index (κ3) is 3.52. The van der Waals surface area contributed by atoms with Gasteiger partial charge in [0.1, 0.15) is 10.8 Å². The number of hydrogen-bond donors (Lipinski definition) is 1. The number of carbonyl (C=O) groups excluding carboxylic acids is 1. The van der Waals surface area contributed by atoms with E-state index in [-0.39, 0.29) is 12.4 Å². The number of amides is 1. The molecule has 0 unspecified atom stereocenters. The van der Waals surface area contributed by atoms with Crippen molar-refractivity contribution in [3.05, 3.63) is 34.8 Å². The van der Waals surface area contributed by atoms with Crippen molar-refractivity contribution < 1.29 is 18.3 Å². The van der Waals surface area contributed by atoms with Crippen LogP contribution in [0.15, 0.2) is 18.2 Å². The summed E-state index contributed by atoms with van der Waals surface area (Å²) in [5.74, 6) is -1.74. The van der Waals surface area contributed by atoms with E-state index in [1.807, 2.05) is 0 Å². The number of ether oxygens (including phenoxy) is 1. The first-order chi connectivity index (χ1) is 10.1. The van der Waals surface area contributed by atoms with Gasteiger partial charge in [-0.2, -0.15) is 0 Å². The Morgan fingerprint density at radius 1 is 1.38 bits per heavy atom. The molecular weight excluding hydrogens is 300 g/mol. The van der Waals surface area contributed by atoms with Crippen molar-refractivity contribution in [2.45, 2.75) is 18.8 Å². The van der Waals surface area contributed by atoms with E-state index in [4.69, 9.17) is 4.74 Å². The Morgan fingerprint density at radius 3 is 2.90 bits per heavy atom. The molecule has 0 aliphatic heterocycles. The molecular formula is C13H11F2N3O2S. The molecule has 2 aromatic rings. The van der Waals surface area contributed by atoms with Crippen LogP contribution in [0.4, 0.5) is 13.9 Å². The van der Waals surface area contributed by atoms with Crippen LogP contribution in [-0.4, -0.2) is 22.7 Å². The Hall–Kier alpha value is -2.09. The van der Waals surface area contributed by atoms with Crippen molar-refractivity contribution in [1.82, 2.24) is 10.2 Å². The van der Waals surface area contributed by atoms with E-state index in [2.05, 4.69) is 15.5 Å². The Morgan fingerprint density at radius 2 is 2.19 bits per heavy atom. The van der Waals surface area contributed by atoms with Crippen LogP contribution in [0, 0.1) is 11.6 Å². The summed E-state index contributed by atoms with van der Waals surface area (Å²) in [6.07, 6.45) is 2.21. The van der Waals surface area contributed by atoms with Crippen LogP contribution in [0.1, 0.15) is 23.8 Å². The number of nitrogens with one attached hydrogen (secondary N) is 1. The normalized spacial score (nSPS) is 14.0. The Kier molecular flexibility index (Phi) is 3.78. The van der Waals surface area contributed by atoms with Gasteiger partial charge in [0, 0.05) is 12.0 Å². The van der Waals surface area contributed by atoms with E-state index in [9.17, 15) is 13.6 Å². The van der Waals surface area contributed by atoms with Gasteiger partial charge in [-0.05, 0) is 25.0 Å². The molecule has 3 rings (SSSR count). The van der Waals surface area contributed by atoms with Gasteiger partial charge in [-0.25, -0.2) is 8.78 Å². The molecule has 5 nitrogen and oxygen atoms in total. The van der Waals surface area contributed by atoms with E-state index in [0.717, 1.165) is 30.0 Å². The maximum absolute atomic E-state index is 13.3. The zero-order valence-corrected chi connectivity index (χ0v) is 11.6. The van der Waals surface area contributed by atoms with Crippen molar-refractivity contribution in [2.24, 2.45) is 0 Å². The number of benzene rings is 1. The lowest BCUT2D eigenvalue weighted by Gasteiger charge is -2.06. The van der Waals surface area contributed by atoms with Gasteiger partial charge in [0.05, 0.1) is 0 Å². The lowest BCUT2D eigenvalue weighted by Crippen LogP contribution is -2.20. The predicted molar refractivity (Wildman–Crippen MR) is 72.4 cm³/mol. The smallest absolute Gasteiger partial charge is 0.264 e. The average Bonchev–Trinajstić information content (AvgIpc) is 3.19. The highest BCUT2D eigenvalue weighted by Crippen LogP contribution is 2.41. The van der Waals surface area contributed by atoms with Crippen LogP contribution in [-0.2, 0) is 4.79 Å². The lowest BCUT2D eigenvalue weighted by molar-refractivity contribution is -0.118. The van der Waals surface area contributed by atoms with Crippen LogP contribution in [0.5, 0.6) is 5.75 Å². The van der Waals surface area contributed by atoms with Gasteiger partial charge in [-0.3, -0.25) is 10.1 Å². The van der Waals surface area contributed by atoms with Gasteiger partial charge in [0.2, 0.25) is 5.13 Å². The molecule has 1 saturated carbocycles. The van der Waals surface area contributed by atoms with E-state index >= 15 is 0 Å². The zero-order chi connectivity index (χ0) is 14.8. The summed E-state index contributed by atoms with van der Waals surface area (Å²) in [7, 11) is 0. The van der Waals surface area contributed by atoms with Crippen LogP contribution >= 0.6 is 11.3 Å². The number of nitrogens with zero attached hydrogens (tertiary/aromatic N) is 2. The second-order valence-corrected chi connectivity index (χ2v) is 5.64. The first-order valence-electron chi connectivity index (χ1n) is 6.33. The summed E-state index contributed by atoms with van der Waals surface area (Å²) >= 11 is 1.33. The molecule has 0 bridgehead atoms. The van der Waals surface area contributed by atoms with Gasteiger partial charge < -0.3 is 4.74 Å². The summed E-state index contributed by atoms with van der Waals surface area (Å²) in [5, 5.41) is 11.7. The highest BCUT2D eigenvalue weighted by atomic mass is 32.1. The average molecular weight is 311 g/mol. The van der Waals surface area contributed by atoms with Gasteiger partial charge in [-0.15, -0.1) is 10.2 Å². The molecule has 1 fully saturated rings. The number of aromatic nitrogens is 2. The van der Waals surface area contributed by atoms with E-state index < -0.39 is 17.5 Å². The van der Waals surface area contributed by atoms with Crippen molar-refractivity contribution in [1.29, 1.82) is 0 Å². The van der Waals surface area contributed by atoms with E-state index in [1.165, 1.54) is 11.3 Å². The lowest BCUT2D eigenvalue weighted by atomic mass is 10.3. The topological polar surface area (TPSA) is 64.1 Å². The Bertz CT molecular complexity index is 673. The maximum Gasteiger partial charge on any atom is 0.264 e. The van der Waals surface area contributed by atoms with Crippen LogP contribution in [0.3, 0.4) is 0 Å². The third-order valence-electron chi connectivity index (χ3n) is 2.87. The predicted octanol–water partition coefficient (Wildman–Crippen LogP) is 2.71.